The molecule has 0 saturated carbocycles. The molecule has 154 valence electrons. The lowest BCUT2D eigenvalue weighted by Crippen LogP contribution is -2.19. The van der Waals surface area contributed by atoms with Crippen LogP contribution in [0.25, 0.3) is 0 Å². The van der Waals surface area contributed by atoms with E-state index in [4.69, 9.17) is 4.74 Å². The Hall–Kier alpha value is -4.08. The number of carbonyl (C=O) groups excluding carboxylic acids is 1. The molecule has 0 aliphatic heterocycles. The van der Waals surface area contributed by atoms with Crippen molar-refractivity contribution in [2.75, 3.05) is 10.6 Å². The highest BCUT2D eigenvalue weighted by atomic mass is 19.4. The number of nitrogens with zero attached hydrogens (tertiary/aromatic N) is 1. The van der Waals surface area contributed by atoms with Crippen molar-refractivity contribution in [3.05, 3.63) is 88.5 Å². The summed E-state index contributed by atoms with van der Waals surface area (Å²) in [7, 11) is 0. The van der Waals surface area contributed by atoms with Gasteiger partial charge in [0.2, 0.25) is 0 Å². The standard InChI is InChI=1S/C20H14F3N3O4/c21-20(22,23)13-3-1-4-14(11-13)24-19(27)25-15-5-2-6-18(12-15)30-17-9-7-16(8-10-17)26(28)29/h1-12H,(H2,24,25,27). The van der Waals surface area contributed by atoms with Crippen LogP contribution >= 0.6 is 0 Å². The predicted molar refractivity (Wildman–Crippen MR) is 104 cm³/mol. The number of benzene rings is 3. The summed E-state index contributed by atoms with van der Waals surface area (Å²) in [6.07, 6.45) is -4.52. The van der Waals surface area contributed by atoms with Crippen molar-refractivity contribution in [3.8, 4) is 11.5 Å². The molecule has 2 amide bonds. The van der Waals surface area contributed by atoms with E-state index in [1.807, 2.05) is 0 Å². The van der Waals surface area contributed by atoms with Gasteiger partial charge >= 0.3 is 12.2 Å². The van der Waals surface area contributed by atoms with Crippen molar-refractivity contribution in [3.63, 3.8) is 0 Å². The molecule has 30 heavy (non-hydrogen) atoms. The number of amides is 2. The maximum Gasteiger partial charge on any atom is 0.416 e. The lowest BCUT2D eigenvalue weighted by Gasteiger charge is -2.11. The van der Waals surface area contributed by atoms with Crippen molar-refractivity contribution in [2.24, 2.45) is 0 Å². The van der Waals surface area contributed by atoms with Gasteiger partial charge < -0.3 is 15.4 Å². The fourth-order valence-electron chi connectivity index (χ4n) is 2.48. The van der Waals surface area contributed by atoms with Gasteiger partial charge in [-0.25, -0.2) is 4.79 Å². The number of hydrogen-bond donors (Lipinski definition) is 2. The minimum absolute atomic E-state index is 0.0133. The number of non-ortho nitro benzene ring substituents is 1. The number of nitro groups is 1. The van der Waals surface area contributed by atoms with Gasteiger partial charge in [0.05, 0.1) is 10.5 Å². The minimum Gasteiger partial charge on any atom is -0.457 e. The molecule has 0 aliphatic carbocycles. The van der Waals surface area contributed by atoms with E-state index in [1.54, 1.807) is 18.2 Å². The maximum absolute atomic E-state index is 12.8. The number of halogens is 3. The first-order valence-electron chi connectivity index (χ1n) is 8.48. The second-order valence-corrected chi connectivity index (χ2v) is 6.04. The zero-order valence-electron chi connectivity index (χ0n) is 15.1. The molecule has 0 spiro atoms. The molecule has 3 aromatic carbocycles. The van der Waals surface area contributed by atoms with Gasteiger partial charge in [0.15, 0.2) is 0 Å². The average molecular weight is 417 g/mol. The number of alkyl halides is 3. The highest BCUT2D eigenvalue weighted by Gasteiger charge is 2.30. The Balaban J connectivity index is 1.65. The molecule has 0 fully saturated rings. The second kappa shape index (κ2) is 8.52. The van der Waals surface area contributed by atoms with E-state index in [9.17, 15) is 28.1 Å². The van der Waals surface area contributed by atoms with Gasteiger partial charge in [-0.1, -0.05) is 12.1 Å². The third-order valence-electron chi connectivity index (χ3n) is 3.82. The van der Waals surface area contributed by atoms with E-state index in [-0.39, 0.29) is 11.4 Å². The Morgan fingerprint density at radius 2 is 1.47 bits per heavy atom. The van der Waals surface area contributed by atoms with E-state index in [0.717, 1.165) is 12.1 Å². The highest BCUT2D eigenvalue weighted by Crippen LogP contribution is 2.31. The normalized spacial score (nSPS) is 10.9. The molecule has 0 unspecified atom stereocenters. The number of carbonyl (C=O) groups is 1. The molecule has 7 nitrogen and oxygen atoms in total. The molecule has 2 N–H and O–H groups in total. The smallest absolute Gasteiger partial charge is 0.416 e. The number of hydrogen-bond acceptors (Lipinski definition) is 4. The van der Waals surface area contributed by atoms with Gasteiger partial charge in [0, 0.05) is 29.6 Å². The van der Waals surface area contributed by atoms with Gasteiger partial charge in [-0.2, -0.15) is 13.2 Å². The molecule has 0 saturated heterocycles. The van der Waals surface area contributed by atoms with Crippen LogP contribution in [0.2, 0.25) is 0 Å². The highest BCUT2D eigenvalue weighted by molar-refractivity contribution is 5.99. The SMILES string of the molecule is O=C(Nc1cccc(Oc2ccc([N+](=O)[O-])cc2)c1)Nc1cccc(C(F)(F)F)c1. The van der Waals surface area contributed by atoms with Gasteiger partial charge in [0.25, 0.3) is 5.69 Å². The van der Waals surface area contributed by atoms with E-state index in [2.05, 4.69) is 10.6 Å². The number of nitrogens with one attached hydrogen (secondary N) is 2. The molecule has 0 aromatic heterocycles. The van der Waals surface area contributed by atoms with Crippen LogP contribution in [-0.2, 0) is 6.18 Å². The Labute approximate surface area is 168 Å². The number of rotatable bonds is 5. The van der Waals surface area contributed by atoms with Crippen LogP contribution in [-0.4, -0.2) is 11.0 Å². The first kappa shape index (κ1) is 20.6. The number of urea groups is 1. The van der Waals surface area contributed by atoms with Crippen molar-refractivity contribution < 1.29 is 27.6 Å². The van der Waals surface area contributed by atoms with Gasteiger partial charge in [-0.15, -0.1) is 0 Å². The Kier molecular flexibility index (Phi) is 5.86. The lowest BCUT2D eigenvalue weighted by molar-refractivity contribution is -0.384. The molecule has 0 bridgehead atoms. The van der Waals surface area contributed by atoms with Crippen molar-refractivity contribution in [1.82, 2.24) is 0 Å². The van der Waals surface area contributed by atoms with Crippen LogP contribution in [0.5, 0.6) is 11.5 Å². The van der Waals surface area contributed by atoms with E-state index in [0.29, 0.717) is 17.2 Å². The summed E-state index contributed by atoms with van der Waals surface area (Å²) in [6.45, 7) is 0. The van der Waals surface area contributed by atoms with Crippen LogP contribution in [0, 0.1) is 10.1 Å². The molecule has 0 radical (unpaired) electrons. The topological polar surface area (TPSA) is 93.5 Å². The fraction of sp³-hybridized carbons (Fsp3) is 0.0500. The van der Waals surface area contributed by atoms with Gasteiger partial charge in [-0.3, -0.25) is 10.1 Å². The summed E-state index contributed by atoms with van der Waals surface area (Å²) in [5, 5.41) is 15.5. The third kappa shape index (κ3) is 5.47. The molecule has 3 rings (SSSR count). The van der Waals surface area contributed by atoms with Crippen molar-refractivity contribution in [1.29, 1.82) is 0 Å². The molecule has 0 atom stereocenters. The van der Waals surface area contributed by atoms with Crippen LogP contribution in [0.15, 0.2) is 72.8 Å². The monoisotopic (exact) mass is 417 g/mol. The molecule has 0 heterocycles. The molecule has 10 heteroatoms. The predicted octanol–water partition coefficient (Wildman–Crippen LogP) is 6.05. The zero-order valence-corrected chi connectivity index (χ0v) is 15.1. The van der Waals surface area contributed by atoms with Crippen LogP contribution < -0.4 is 15.4 Å². The van der Waals surface area contributed by atoms with Crippen molar-refractivity contribution >= 4 is 23.1 Å². The third-order valence-corrected chi connectivity index (χ3v) is 3.82. The zero-order chi connectivity index (χ0) is 21.7. The number of nitro benzene ring substituents is 1. The Morgan fingerprint density at radius 1 is 0.867 bits per heavy atom. The summed E-state index contributed by atoms with van der Waals surface area (Å²) in [5.41, 5.74) is -0.637. The molecular weight excluding hydrogens is 403 g/mol. The summed E-state index contributed by atoms with van der Waals surface area (Å²) in [4.78, 5) is 22.3. The molecular formula is C20H14F3N3O4. The van der Waals surface area contributed by atoms with Crippen LogP contribution in [0.4, 0.5) is 35.0 Å². The maximum atomic E-state index is 12.8. The summed E-state index contributed by atoms with van der Waals surface area (Å²) in [5.74, 6) is 0.701. The summed E-state index contributed by atoms with van der Waals surface area (Å²) in [6, 6.07) is 15.2. The first-order chi connectivity index (χ1) is 14.2. The van der Waals surface area contributed by atoms with E-state index in [1.165, 1.54) is 42.5 Å². The van der Waals surface area contributed by atoms with Crippen LogP contribution in [0.1, 0.15) is 5.56 Å². The number of anilines is 2. The van der Waals surface area contributed by atoms with E-state index < -0.39 is 22.7 Å². The van der Waals surface area contributed by atoms with Crippen LogP contribution in [0.3, 0.4) is 0 Å². The largest absolute Gasteiger partial charge is 0.457 e. The summed E-state index contributed by atoms with van der Waals surface area (Å²) < 4.78 is 43.9. The fourth-order valence-corrected chi connectivity index (χ4v) is 2.48. The number of ether oxygens (including phenoxy) is 1. The van der Waals surface area contributed by atoms with Gasteiger partial charge in [0.1, 0.15) is 11.5 Å². The quantitative estimate of drug-likeness (QED) is 0.390. The summed E-state index contributed by atoms with van der Waals surface area (Å²) >= 11 is 0. The Bertz CT molecular complexity index is 1070. The minimum atomic E-state index is -4.52. The first-order valence-corrected chi connectivity index (χ1v) is 8.48. The van der Waals surface area contributed by atoms with Crippen molar-refractivity contribution in [2.45, 2.75) is 6.18 Å². The molecule has 0 aliphatic rings. The van der Waals surface area contributed by atoms with E-state index >= 15 is 0 Å². The van der Waals surface area contributed by atoms with Gasteiger partial charge in [-0.05, 0) is 42.5 Å². The average Bonchev–Trinajstić information content (AvgIpc) is 2.68. The second-order valence-electron chi connectivity index (χ2n) is 6.04. The lowest BCUT2D eigenvalue weighted by atomic mass is 10.2. The molecule has 3 aromatic rings. The Morgan fingerprint density at radius 3 is 2.07 bits per heavy atom.